The molecule has 4 rings (SSSR count). The lowest BCUT2D eigenvalue weighted by Crippen LogP contribution is -2.14. The van der Waals surface area contributed by atoms with E-state index in [1.165, 1.54) is 12.4 Å². The van der Waals surface area contributed by atoms with Crippen molar-refractivity contribution >= 4 is 55.9 Å². The van der Waals surface area contributed by atoms with Crippen molar-refractivity contribution in [2.24, 2.45) is 5.90 Å². The number of carboxylic acid groups (broad SMARTS) is 1. The Balaban J connectivity index is 0.000000555. The first kappa shape index (κ1) is 25.3. The molecule has 1 unspecified atom stereocenters. The van der Waals surface area contributed by atoms with Gasteiger partial charge in [0.2, 0.25) is 0 Å². The van der Waals surface area contributed by atoms with E-state index in [2.05, 4.69) is 37.0 Å². The summed E-state index contributed by atoms with van der Waals surface area (Å²) in [5.41, 5.74) is 0.533. The molecule has 0 aliphatic carbocycles. The van der Waals surface area contributed by atoms with Crippen molar-refractivity contribution in [3.63, 3.8) is 0 Å². The van der Waals surface area contributed by atoms with Crippen LogP contribution in [-0.2, 0) is 16.1 Å². The Morgan fingerprint density at radius 3 is 2.82 bits per heavy atom. The van der Waals surface area contributed by atoms with E-state index in [1.54, 1.807) is 22.8 Å². The number of nitrogens with one attached hydrogen (secondary N) is 1. The quantitative estimate of drug-likeness (QED) is 0.327. The highest BCUT2D eigenvalue weighted by atomic mass is 79.9. The van der Waals surface area contributed by atoms with Crippen molar-refractivity contribution in [1.82, 2.24) is 9.55 Å². The number of aromatic carboxylic acids is 1. The molecular formula is C21H23BrClFN4O5. The first-order valence-electron chi connectivity index (χ1n) is 10.0. The van der Waals surface area contributed by atoms with Gasteiger partial charge >= 0.3 is 5.97 Å². The summed E-state index contributed by atoms with van der Waals surface area (Å²) in [5, 5.41) is 20.7. The van der Waals surface area contributed by atoms with E-state index in [1.807, 2.05) is 0 Å². The second-order valence-electron chi connectivity index (χ2n) is 7.16. The zero-order chi connectivity index (χ0) is 24.0. The Kier molecular flexibility index (Phi) is 9.01. The van der Waals surface area contributed by atoms with E-state index in [9.17, 15) is 9.90 Å². The van der Waals surface area contributed by atoms with Crippen LogP contribution in [0.3, 0.4) is 0 Å². The average Bonchev–Trinajstić information content (AvgIpc) is 3.43. The number of hydrogen-bond donors (Lipinski definition) is 4. The lowest BCUT2D eigenvalue weighted by molar-refractivity contribution is 0.0697. The topological polar surface area (TPSA) is 132 Å². The van der Waals surface area contributed by atoms with Crippen LogP contribution in [0.25, 0.3) is 11.0 Å². The fourth-order valence-corrected chi connectivity index (χ4v) is 4.10. The smallest absolute Gasteiger partial charge is 0.338 e. The maximum Gasteiger partial charge on any atom is 0.338 e. The van der Waals surface area contributed by atoms with Crippen LogP contribution in [0.4, 0.5) is 15.8 Å². The Labute approximate surface area is 202 Å². The Hall–Kier alpha value is -2.28. The Morgan fingerprint density at radius 1 is 1.45 bits per heavy atom. The maximum absolute atomic E-state index is 15.2. The molecule has 2 aromatic carbocycles. The van der Waals surface area contributed by atoms with E-state index >= 15 is 4.39 Å². The molecular weight excluding hydrogens is 523 g/mol. The van der Waals surface area contributed by atoms with Crippen molar-refractivity contribution in [2.45, 2.75) is 25.5 Å². The lowest BCUT2D eigenvalue weighted by atomic mass is 10.1. The molecule has 0 amide bonds. The van der Waals surface area contributed by atoms with E-state index < -0.39 is 11.8 Å². The standard InChI is InChI=1S/C19H16BrClFN3O3.C2H7NO2/c20-10-3-4-14(13(21)6-10)24-17-12(19(26)27)7-15-18(16(17)22)23-9-25(15)8-11-2-1-5-28-11;3-5-2-1-4/h3-4,6-7,9,11,24H,1-2,5,8H2,(H,26,27);4H,1-3H2. The highest BCUT2D eigenvalue weighted by molar-refractivity contribution is 9.10. The van der Waals surface area contributed by atoms with Gasteiger partial charge in [-0.25, -0.2) is 20.1 Å². The number of carbonyl (C=O) groups is 1. The molecule has 0 spiro atoms. The summed E-state index contributed by atoms with van der Waals surface area (Å²) < 4.78 is 23.3. The van der Waals surface area contributed by atoms with Crippen LogP contribution in [0.5, 0.6) is 0 Å². The van der Waals surface area contributed by atoms with Gasteiger partial charge in [0.15, 0.2) is 5.82 Å². The summed E-state index contributed by atoms with van der Waals surface area (Å²) in [6.45, 7) is 1.42. The van der Waals surface area contributed by atoms with Crippen molar-refractivity contribution < 1.29 is 29.0 Å². The number of aliphatic hydroxyl groups is 1. The number of halogens is 3. The number of carboxylic acids is 1. The molecule has 1 aliphatic heterocycles. The summed E-state index contributed by atoms with van der Waals surface area (Å²) in [6, 6.07) is 6.42. The van der Waals surface area contributed by atoms with Gasteiger partial charge in [-0.2, -0.15) is 0 Å². The van der Waals surface area contributed by atoms with Gasteiger partial charge in [-0.1, -0.05) is 27.5 Å². The number of imidazole rings is 1. The van der Waals surface area contributed by atoms with Crippen LogP contribution in [-0.4, -0.2) is 51.7 Å². The van der Waals surface area contributed by atoms with Gasteiger partial charge in [-0.05, 0) is 37.1 Å². The summed E-state index contributed by atoms with van der Waals surface area (Å²) >= 11 is 9.49. The predicted octanol–water partition coefficient (Wildman–Crippen LogP) is 4.08. The van der Waals surface area contributed by atoms with E-state index in [-0.39, 0.29) is 36.1 Å². The van der Waals surface area contributed by atoms with Crippen LogP contribution in [0.15, 0.2) is 35.1 Å². The minimum Gasteiger partial charge on any atom is -0.478 e. The highest BCUT2D eigenvalue weighted by Crippen LogP contribution is 2.34. The molecule has 178 valence electrons. The molecule has 2 heterocycles. The molecule has 1 atom stereocenters. The zero-order valence-electron chi connectivity index (χ0n) is 17.4. The molecule has 12 heteroatoms. The monoisotopic (exact) mass is 544 g/mol. The van der Waals surface area contributed by atoms with Gasteiger partial charge in [0, 0.05) is 11.1 Å². The molecule has 0 bridgehead atoms. The molecule has 1 aromatic heterocycles. The molecule has 5 N–H and O–H groups in total. The number of ether oxygens (including phenoxy) is 1. The van der Waals surface area contributed by atoms with Crippen molar-refractivity contribution in [3.8, 4) is 0 Å². The number of fused-ring (bicyclic) bond motifs is 1. The molecule has 33 heavy (non-hydrogen) atoms. The highest BCUT2D eigenvalue weighted by Gasteiger charge is 2.24. The van der Waals surface area contributed by atoms with Gasteiger partial charge in [0.05, 0.1) is 59.7 Å². The third-order valence-electron chi connectivity index (χ3n) is 4.91. The first-order valence-corrected chi connectivity index (χ1v) is 11.2. The summed E-state index contributed by atoms with van der Waals surface area (Å²) in [6.07, 6.45) is 3.43. The average molecular weight is 546 g/mol. The number of anilines is 2. The number of aliphatic hydroxyl groups excluding tert-OH is 1. The molecule has 0 saturated carbocycles. The van der Waals surface area contributed by atoms with Crippen LogP contribution < -0.4 is 11.2 Å². The summed E-state index contributed by atoms with van der Waals surface area (Å²) in [5.74, 6) is 2.49. The Morgan fingerprint density at radius 2 is 2.24 bits per heavy atom. The normalized spacial score (nSPS) is 15.4. The maximum atomic E-state index is 15.2. The minimum atomic E-state index is -1.25. The lowest BCUT2D eigenvalue weighted by Gasteiger charge is -2.15. The second-order valence-corrected chi connectivity index (χ2v) is 8.48. The van der Waals surface area contributed by atoms with Crippen molar-refractivity contribution in [1.29, 1.82) is 0 Å². The predicted molar refractivity (Wildman–Crippen MR) is 125 cm³/mol. The zero-order valence-corrected chi connectivity index (χ0v) is 19.8. The number of nitrogens with zero attached hydrogens (tertiary/aromatic N) is 2. The minimum absolute atomic E-state index is 0.00347. The van der Waals surface area contributed by atoms with E-state index in [4.69, 9.17) is 21.4 Å². The van der Waals surface area contributed by atoms with E-state index in [0.29, 0.717) is 29.4 Å². The van der Waals surface area contributed by atoms with Crippen LogP contribution in [0.1, 0.15) is 23.2 Å². The summed E-state index contributed by atoms with van der Waals surface area (Å²) in [4.78, 5) is 19.9. The number of nitrogens with two attached hydrogens (primary N) is 1. The molecule has 0 radical (unpaired) electrons. The SMILES string of the molecule is NOCCO.O=C(O)c1cc2c(ncn2CC2CCCO2)c(F)c1Nc1ccc(Br)cc1Cl. The number of hydrogen-bond acceptors (Lipinski definition) is 7. The van der Waals surface area contributed by atoms with Gasteiger partial charge in [-0.3, -0.25) is 0 Å². The Bertz CT molecular complexity index is 1120. The van der Waals surface area contributed by atoms with Crippen LogP contribution in [0, 0.1) is 5.82 Å². The number of benzene rings is 2. The van der Waals surface area contributed by atoms with Crippen LogP contribution >= 0.6 is 27.5 Å². The van der Waals surface area contributed by atoms with E-state index in [0.717, 1.165) is 17.3 Å². The van der Waals surface area contributed by atoms with Gasteiger partial charge in [-0.15, -0.1) is 0 Å². The first-order chi connectivity index (χ1) is 15.8. The van der Waals surface area contributed by atoms with Gasteiger partial charge < -0.3 is 29.7 Å². The number of aromatic nitrogens is 2. The third-order valence-corrected chi connectivity index (χ3v) is 5.72. The fourth-order valence-electron chi connectivity index (χ4n) is 3.38. The molecule has 1 saturated heterocycles. The van der Waals surface area contributed by atoms with Crippen LogP contribution in [0.2, 0.25) is 5.02 Å². The fraction of sp³-hybridized carbons (Fsp3) is 0.333. The molecule has 1 fully saturated rings. The number of rotatable bonds is 7. The molecule has 1 aliphatic rings. The molecule has 3 aromatic rings. The largest absolute Gasteiger partial charge is 0.478 e. The van der Waals surface area contributed by atoms with Gasteiger partial charge in [0.25, 0.3) is 0 Å². The van der Waals surface area contributed by atoms with Gasteiger partial charge in [0.1, 0.15) is 5.52 Å². The molecule has 9 nitrogen and oxygen atoms in total. The third kappa shape index (κ3) is 6.19. The second kappa shape index (κ2) is 11.7. The van der Waals surface area contributed by atoms with Crippen molar-refractivity contribution in [2.75, 3.05) is 25.1 Å². The summed E-state index contributed by atoms with van der Waals surface area (Å²) in [7, 11) is 0. The van der Waals surface area contributed by atoms with Crippen molar-refractivity contribution in [3.05, 3.63) is 51.5 Å².